The van der Waals surface area contributed by atoms with E-state index >= 15 is 0 Å². The summed E-state index contributed by atoms with van der Waals surface area (Å²) in [7, 11) is 3.82. The molecule has 0 spiro atoms. The minimum Gasteiger partial charge on any atom is -0.349 e. The van der Waals surface area contributed by atoms with Crippen molar-refractivity contribution in [3.8, 4) is 11.3 Å². The number of rotatable bonds is 6. The van der Waals surface area contributed by atoms with Gasteiger partial charge in [-0.15, -0.1) is 0 Å². The zero-order chi connectivity index (χ0) is 20.1. The highest BCUT2D eigenvalue weighted by Crippen LogP contribution is 2.21. The molecule has 3 aromatic rings. The van der Waals surface area contributed by atoms with Crippen molar-refractivity contribution in [2.24, 2.45) is 0 Å². The minimum atomic E-state index is -0.100. The second-order valence-corrected chi connectivity index (χ2v) is 7.11. The lowest BCUT2D eigenvalue weighted by Crippen LogP contribution is -2.34. The molecule has 6 nitrogen and oxygen atoms in total. The molecule has 2 aromatic heterocycles. The molecule has 0 aliphatic carbocycles. The first-order valence-corrected chi connectivity index (χ1v) is 9.25. The lowest BCUT2D eigenvalue weighted by Gasteiger charge is -2.15. The number of carbonyl (C=O) groups is 1. The fourth-order valence-corrected chi connectivity index (χ4v) is 2.95. The van der Waals surface area contributed by atoms with Gasteiger partial charge in [0.1, 0.15) is 0 Å². The second kappa shape index (κ2) is 8.61. The first-order chi connectivity index (χ1) is 13.4. The van der Waals surface area contributed by atoms with Crippen molar-refractivity contribution in [1.82, 2.24) is 20.3 Å². The number of nitrogens with zero attached hydrogens (tertiary/aromatic N) is 4. The van der Waals surface area contributed by atoms with E-state index in [9.17, 15) is 4.79 Å². The van der Waals surface area contributed by atoms with Crippen molar-refractivity contribution in [3.05, 3.63) is 71.7 Å². The van der Waals surface area contributed by atoms with Gasteiger partial charge in [-0.1, -0.05) is 18.2 Å². The van der Waals surface area contributed by atoms with Gasteiger partial charge < -0.3 is 10.2 Å². The SMILES string of the molecule is Cc1cc(-c2cccc(C(=O)N[C@H](C)Cc3cccnc3)c2)nc(N(C)C)n1. The Labute approximate surface area is 165 Å². The van der Waals surface area contributed by atoms with Gasteiger partial charge in [-0.05, 0) is 50.1 Å². The predicted molar refractivity (Wildman–Crippen MR) is 111 cm³/mol. The number of hydrogen-bond acceptors (Lipinski definition) is 5. The summed E-state index contributed by atoms with van der Waals surface area (Å²) in [6.07, 6.45) is 4.30. The summed E-state index contributed by atoms with van der Waals surface area (Å²) >= 11 is 0. The third-order valence-corrected chi connectivity index (χ3v) is 4.31. The van der Waals surface area contributed by atoms with Crippen LogP contribution < -0.4 is 10.2 Å². The smallest absolute Gasteiger partial charge is 0.251 e. The molecule has 6 heteroatoms. The van der Waals surface area contributed by atoms with E-state index in [-0.39, 0.29) is 11.9 Å². The molecule has 0 unspecified atom stereocenters. The molecule has 1 N–H and O–H groups in total. The van der Waals surface area contributed by atoms with Crippen LogP contribution in [0.15, 0.2) is 54.9 Å². The van der Waals surface area contributed by atoms with Crippen LogP contribution in [0.4, 0.5) is 5.95 Å². The van der Waals surface area contributed by atoms with E-state index in [1.165, 1.54) is 0 Å². The fraction of sp³-hybridized carbons (Fsp3) is 0.273. The fourth-order valence-electron chi connectivity index (χ4n) is 2.95. The Hall–Kier alpha value is -3.28. The average molecular weight is 375 g/mol. The van der Waals surface area contributed by atoms with E-state index in [0.717, 1.165) is 28.9 Å². The van der Waals surface area contributed by atoms with Gasteiger partial charge in [0.05, 0.1) is 5.69 Å². The number of pyridine rings is 1. The maximum atomic E-state index is 12.7. The molecule has 1 atom stereocenters. The molecule has 0 saturated carbocycles. The molecule has 1 aromatic carbocycles. The van der Waals surface area contributed by atoms with Gasteiger partial charge in [-0.25, -0.2) is 9.97 Å². The van der Waals surface area contributed by atoms with Gasteiger partial charge >= 0.3 is 0 Å². The summed E-state index contributed by atoms with van der Waals surface area (Å²) in [4.78, 5) is 27.7. The first kappa shape index (κ1) is 19.5. The molecular weight excluding hydrogens is 350 g/mol. The summed E-state index contributed by atoms with van der Waals surface area (Å²) in [5, 5.41) is 3.06. The van der Waals surface area contributed by atoms with Crippen molar-refractivity contribution in [1.29, 1.82) is 0 Å². The molecule has 28 heavy (non-hydrogen) atoms. The average Bonchev–Trinajstić information content (AvgIpc) is 2.68. The minimum absolute atomic E-state index is 0.00185. The Bertz CT molecular complexity index is 956. The van der Waals surface area contributed by atoms with E-state index < -0.39 is 0 Å². The third kappa shape index (κ3) is 4.91. The van der Waals surface area contributed by atoms with E-state index in [2.05, 4.69) is 20.3 Å². The van der Waals surface area contributed by atoms with E-state index in [4.69, 9.17) is 0 Å². The van der Waals surface area contributed by atoms with Gasteiger partial charge in [0.15, 0.2) is 0 Å². The number of aryl methyl sites for hydroxylation is 1. The summed E-state index contributed by atoms with van der Waals surface area (Å²) < 4.78 is 0. The van der Waals surface area contributed by atoms with E-state index in [1.54, 1.807) is 6.20 Å². The third-order valence-electron chi connectivity index (χ3n) is 4.31. The molecule has 0 saturated heterocycles. The normalized spacial score (nSPS) is 11.7. The lowest BCUT2D eigenvalue weighted by molar-refractivity contribution is 0.0940. The topological polar surface area (TPSA) is 71.0 Å². The molecule has 3 rings (SSSR count). The highest BCUT2D eigenvalue weighted by atomic mass is 16.1. The standard InChI is InChI=1S/C22H25N5O/c1-15(11-17-7-6-10-23-14-17)24-21(28)19-9-5-8-18(13-19)20-12-16(2)25-22(26-20)27(3)4/h5-10,12-15H,11H2,1-4H3,(H,24,28)/t15-/m1/s1. The van der Waals surface area contributed by atoms with Crippen molar-refractivity contribution in [3.63, 3.8) is 0 Å². The van der Waals surface area contributed by atoms with Gasteiger partial charge in [-0.2, -0.15) is 0 Å². The molecule has 0 aliphatic heterocycles. The largest absolute Gasteiger partial charge is 0.349 e. The second-order valence-electron chi connectivity index (χ2n) is 7.11. The van der Waals surface area contributed by atoms with Crippen LogP contribution in [-0.2, 0) is 6.42 Å². The van der Waals surface area contributed by atoms with Crippen molar-refractivity contribution >= 4 is 11.9 Å². The molecular formula is C22H25N5O. The zero-order valence-corrected chi connectivity index (χ0v) is 16.7. The molecule has 0 radical (unpaired) electrons. The molecule has 144 valence electrons. The number of aromatic nitrogens is 3. The van der Waals surface area contributed by atoms with E-state index in [0.29, 0.717) is 11.5 Å². The molecule has 2 heterocycles. The van der Waals surface area contributed by atoms with Crippen LogP contribution in [0.2, 0.25) is 0 Å². The predicted octanol–water partition coefficient (Wildman–Crippen LogP) is 3.27. The summed E-state index contributed by atoms with van der Waals surface area (Å²) in [6.45, 7) is 3.93. The highest BCUT2D eigenvalue weighted by Gasteiger charge is 2.13. The van der Waals surface area contributed by atoms with Gasteiger partial charge in [0.25, 0.3) is 5.91 Å². The monoisotopic (exact) mass is 375 g/mol. The van der Waals surface area contributed by atoms with Gasteiger partial charge in [0.2, 0.25) is 5.95 Å². The molecule has 0 aliphatic rings. The number of anilines is 1. The number of amides is 1. The van der Waals surface area contributed by atoms with Crippen LogP contribution in [0.25, 0.3) is 11.3 Å². The summed E-state index contributed by atoms with van der Waals surface area (Å²) in [5.74, 6) is 0.548. The van der Waals surface area contributed by atoms with Crippen molar-refractivity contribution in [2.45, 2.75) is 26.3 Å². The number of hydrogen-bond donors (Lipinski definition) is 1. The zero-order valence-electron chi connectivity index (χ0n) is 16.7. The van der Waals surface area contributed by atoms with Crippen LogP contribution in [-0.4, -0.2) is 41.0 Å². The Kier molecular flexibility index (Phi) is 5.99. The van der Waals surface area contributed by atoms with Crippen LogP contribution in [0.5, 0.6) is 0 Å². The van der Waals surface area contributed by atoms with Crippen molar-refractivity contribution in [2.75, 3.05) is 19.0 Å². The Morgan fingerprint density at radius 3 is 2.68 bits per heavy atom. The Balaban J connectivity index is 1.76. The van der Waals surface area contributed by atoms with Crippen LogP contribution in [0.3, 0.4) is 0 Å². The first-order valence-electron chi connectivity index (χ1n) is 9.25. The summed E-state index contributed by atoms with van der Waals surface area (Å²) in [6, 6.07) is 13.4. The van der Waals surface area contributed by atoms with Gasteiger partial charge in [0, 0.05) is 49.4 Å². The molecule has 0 fully saturated rings. The number of benzene rings is 1. The maximum absolute atomic E-state index is 12.7. The summed E-state index contributed by atoms with van der Waals surface area (Å²) in [5.41, 5.74) is 4.28. The Morgan fingerprint density at radius 1 is 1.14 bits per heavy atom. The van der Waals surface area contributed by atoms with E-state index in [1.807, 2.05) is 81.5 Å². The molecule has 0 bridgehead atoms. The van der Waals surface area contributed by atoms with Crippen molar-refractivity contribution < 1.29 is 4.79 Å². The Morgan fingerprint density at radius 2 is 1.96 bits per heavy atom. The number of carbonyl (C=O) groups excluding carboxylic acids is 1. The quantitative estimate of drug-likeness (QED) is 0.716. The molecule has 1 amide bonds. The maximum Gasteiger partial charge on any atom is 0.251 e. The van der Waals surface area contributed by atoms with Crippen LogP contribution >= 0.6 is 0 Å². The number of nitrogens with one attached hydrogen (secondary N) is 1. The van der Waals surface area contributed by atoms with Crippen LogP contribution in [0, 0.1) is 6.92 Å². The van der Waals surface area contributed by atoms with Gasteiger partial charge in [-0.3, -0.25) is 9.78 Å². The van der Waals surface area contributed by atoms with Crippen LogP contribution in [0.1, 0.15) is 28.5 Å². The highest BCUT2D eigenvalue weighted by molar-refractivity contribution is 5.95. The lowest BCUT2D eigenvalue weighted by atomic mass is 10.1.